The molecule has 22 nitrogen and oxygen atoms in total. The molecule has 2 aliphatic heterocycles. The van der Waals surface area contributed by atoms with Crippen LogP contribution in [0.2, 0.25) is 0 Å². The standard InChI is InChI=1S/C49H56N12O10/c1-28(58(3)4)52-47-54-43-41(45(65)56-47)51-27-61(43)40-23-36(64)38(71-40)25-69-49(30-10-8-7-9-11-30,31-12-16-33(67-6)17-13-31)32-14-18-34(19-15-32)68-21-20-59(5)29(2)53-48-55-44-42(46(66)57-48)50-26-60(44)39-22-35(63)37(24-62)70-39/h7-19,26-27,35-40,62-64H,20-25H2,1-6H3,(H,54,56,65)(H,55,57,66)/b52-28+,53-29+/t35?,36?,37-,38-,39-,40-,49?/m1/s1. The summed E-state index contributed by atoms with van der Waals surface area (Å²) in [6.07, 6.45) is -1.43. The molecule has 2 aliphatic rings. The summed E-state index contributed by atoms with van der Waals surface area (Å²) in [4.78, 5) is 61.7. The van der Waals surface area contributed by atoms with Crippen molar-refractivity contribution < 1.29 is 39.0 Å². The molecule has 3 unspecified atom stereocenters. The minimum atomic E-state index is -1.21. The summed E-state index contributed by atoms with van der Waals surface area (Å²) in [5, 5.41) is 31.4. The number of methoxy groups -OCH3 is 1. The van der Waals surface area contributed by atoms with Crippen molar-refractivity contribution in [2.75, 3.05) is 54.6 Å². The van der Waals surface area contributed by atoms with Gasteiger partial charge in [-0.1, -0.05) is 54.6 Å². The van der Waals surface area contributed by atoms with E-state index in [0.29, 0.717) is 29.7 Å². The number of aliphatic hydroxyl groups is 3. The predicted octanol–water partition coefficient (Wildman–Crippen LogP) is 3.53. The van der Waals surface area contributed by atoms with Gasteiger partial charge in [0.05, 0.1) is 51.7 Å². The summed E-state index contributed by atoms with van der Waals surface area (Å²) in [5.41, 5.74) is 1.000. The van der Waals surface area contributed by atoms with Gasteiger partial charge in [0, 0.05) is 34.0 Å². The van der Waals surface area contributed by atoms with Crippen molar-refractivity contribution in [2.45, 2.75) is 69.2 Å². The molecule has 71 heavy (non-hydrogen) atoms. The lowest BCUT2D eigenvalue weighted by atomic mass is 9.80. The number of aliphatic imine (C=N–C) groups is 2. The summed E-state index contributed by atoms with van der Waals surface area (Å²) in [7, 11) is 7.13. The Morgan fingerprint density at radius 1 is 0.746 bits per heavy atom. The van der Waals surface area contributed by atoms with Crippen LogP contribution in [0.4, 0.5) is 11.9 Å². The van der Waals surface area contributed by atoms with Crippen LogP contribution in [0.1, 0.15) is 55.8 Å². The quantitative estimate of drug-likeness (QED) is 0.0527. The second-order valence-electron chi connectivity index (χ2n) is 17.6. The first-order valence-corrected chi connectivity index (χ1v) is 23.0. The number of likely N-dealkylation sites (N-methyl/N-ethyl adjacent to an activating group) is 1. The van der Waals surface area contributed by atoms with Gasteiger partial charge in [0.2, 0.25) is 11.9 Å². The Hall–Kier alpha value is -7.34. The predicted molar refractivity (Wildman–Crippen MR) is 262 cm³/mol. The van der Waals surface area contributed by atoms with Gasteiger partial charge in [-0.05, 0) is 54.8 Å². The first-order valence-electron chi connectivity index (χ1n) is 23.0. The molecule has 372 valence electrons. The van der Waals surface area contributed by atoms with E-state index in [1.54, 1.807) is 35.0 Å². The number of nitrogens with zero attached hydrogens (tertiary/aromatic N) is 10. The van der Waals surface area contributed by atoms with Crippen molar-refractivity contribution in [2.24, 2.45) is 9.98 Å². The van der Waals surface area contributed by atoms with Gasteiger partial charge >= 0.3 is 0 Å². The van der Waals surface area contributed by atoms with Gasteiger partial charge in [-0.15, -0.1) is 0 Å². The lowest BCUT2D eigenvalue weighted by Gasteiger charge is -2.37. The van der Waals surface area contributed by atoms with Crippen LogP contribution in [0.5, 0.6) is 11.5 Å². The first-order chi connectivity index (χ1) is 34.3. The van der Waals surface area contributed by atoms with Crippen molar-refractivity contribution >= 4 is 45.9 Å². The van der Waals surface area contributed by atoms with Crippen LogP contribution in [-0.2, 0) is 19.8 Å². The van der Waals surface area contributed by atoms with E-state index in [1.165, 1.54) is 12.7 Å². The van der Waals surface area contributed by atoms with E-state index >= 15 is 0 Å². The molecule has 5 N–H and O–H groups in total. The lowest BCUT2D eigenvalue weighted by molar-refractivity contribution is -0.0931. The van der Waals surface area contributed by atoms with E-state index in [9.17, 15) is 24.9 Å². The minimum Gasteiger partial charge on any atom is -0.497 e. The van der Waals surface area contributed by atoms with Crippen molar-refractivity contribution in [3.8, 4) is 11.5 Å². The van der Waals surface area contributed by atoms with Gasteiger partial charge in [0.25, 0.3) is 11.1 Å². The Morgan fingerprint density at radius 2 is 1.25 bits per heavy atom. The van der Waals surface area contributed by atoms with E-state index in [1.807, 2.05) is 105 Å². The third-order valence-electron chi connectivity index (χ3n) is 12.9. The molecular formula is C49H56N12O10. The van der Waals surface area contributed by atoms with E-state index in [-0.39, 0.29) is 66.9 Å². The highest BCUT2D eigenvalue weighted by molar-refractivity contribution is 5.82. The van der Waals surface area contributed by atoms with Crippen molar-refractivity contribution in [3.05, 3.63) is 129 Å². The molecule has 6 heterocycles. The number of aromatic amines is 2. The lowest BCUT2D eigenvalue weighted by Crippen LogP contribution is -2.38. The third kappa shape index (κ3) is 9.89. The highest BCUT2D eigenvalue weighted by atomic mass is 16.6. The monoisotopic (exact) mass is 972 g/mol. The largest absolute Gasteiger partial charge is 0.497 e. The van der Waals surface area contributed by atoms with Crippen LogP contribution in [0.25, 0.3) is 22.3 Å². The third-order valence-corrected chi connectivity index (χ3v) is 12.9. The van der Waals surface area contributed by atoms with Crippen LogP contribution < -0.4 is 20.6 Å². The van der Waals surface area contributed by atoms with Crippen molar-refractivity contribution in [1.82, 2.24) is 48.8 Å². The Morgan fingerprint density at radius 3 is 1.77 bits per heavy atom. The topological polar surface area (TPSA) is 265 Å². The summed E-state index contributed by atoms with van der Waals surface area (Å²) < 4.78 is 34.4. The Labute approximate surface area is 406 Å². The number of ether oxygens (including phenoxy) is 5. The highest BCUT2D eigenvalue weighted by Gasteiger charge is 2.42. The van der Waals surface area contributed by atoms with E-state index in [4.69, 9.17) is 23.7 Å². The number of fused-ring (bicyclic) bond motifs is 2. The van der Waals surface area contributed by atoms with Crippen LogP contribution in [0.15, 0.2) is 111 Å². The molecule has 3 aromatic carbocycles. The maximum absolute atomic E-state index is 13.0. The highest BCUT2D eigenvalue weighted by Crippen LogP contribution is 2.43. The van der Waals surface area contributed by atoms with Gasteiger partial charge in [0.15, 0.2) is 22.3 Å². The number of benzene rings is 3. The number of aliphatic hydroxyl groups excluding tert-OH is 3. The van der Waals surface area contributed by atoms with Gasteiger partial charge < -0.3 is 48.8 Å². The summed E-state index contributed by atoms with van der Waals surface area (Å²) in [6, 6.07) is 25.1. The average Bonchev–Trinajstić information content (AvgIpc) is 4.17. The first kappa shape index (κ1) is 48.7. The van der Waals surface area contributed by atoms with Gasteiger partial charge in [0.1, 0.15) is 60.0 Å². The maximum atomic E-state index is 13.0. The molecular weight excluding hydrogens is 917 g/mol. The number of aromatic nitrogens is 8. The van der Waals surface area contributed by atoms with Crippen LogP contribution in [-0.4, -0.2) is 155 Å². The molecule has 9 rings (SSSR count). The smallest absolute Gasteiger partial charge is 0.280 e. The fourth-order valence-electron chi connectivity index (χ4n) is 8.64. The molecule has 2 fully saturated rings. The number of hydrogen-bond donors (Lipinski definition) is 5. The van der Waals surface area contributed by atoms with Gasteiger partial charge in [-0.3, -0.25) is 28.7 Å². The Bertz CT molecular complexity index is 3150. The zero-order valence-electron chi connectivity index (χ0n) is 40.0. The van der Waals surface area contributed by atoms with Crippen LogP contribution >= 0.6 is 0 Å². The van der Waals surface area contributed by atoms with Crippen LogP contribution in [0.3, 0.4) is 0 Å². The maximum Gasteiger partial charge on any atom is 0.280 e. The zero-order chi connectivity index (χ0) is 50.0. The summed E-state index contributed by atoms with van der Waals surface area (Å²) >= 11 is 0. The molecule has 22 heteroatoms. The molecule has 7 atom stereocenters. The number of nitrogens with one attached hydrogen (secondary N) is 2. The molecule has 0 radical (unpaired) electrons. The van der Waals surface area contributed by atoms with Gasteiger partial charge in [-0.25, -0.2) is 20.0 Å². The fourth-order valence-corrected chi connectivity index (χ4v) is 8.64. The summed E-state index contributed by atoms with van der Waals surface area (Å²) in [5.74, 6) is 2.64. The molecule has 0 amide bonds. The average molecular weight is 973 g/mol. The number of imidazole rings is 2. The SMILES string of the molecule is COc1ccc(C(OC[C@H]2O[C@@H](n3cnc4c(=O)[nH]c(/N=C(\C)N(C)C)nc43)CC2O)(c2ccccc2)c2ccc(OCCN(C)/C(C)=N/c3nc4c(ncn4[C@H]4CC(O)[C@@H](CO)O4)c(=O)[nH]3)cc2)cc1. The van der Waals surface area contributed by atoms with E-state index in [2.05, 4.69) is 39.9 Å². The zero-order valence-corrected chi connectivity index (χ0v) is 40.0. The molecule has 0 bridgehead atoms. The van der Waals surface area contributed by atoms with Crippen LogP contribution in [0, 0.1) is 0 Å². The second kappa shape index (κ2) is 20.6. The molecule has 7 aromatic rings. The molecule has 0 saturated carbocycles. The molecule has 0 spiro atoms. The van der Waals surface area contributed by atoms with E-state index < -0.39 is 53.6 Å². The number of H-pyrrole nitrogens is 2. The number of amidine groups is 2. The Balaban J connectivity index is 0.926. The second-order valence-corrected chi connectivity index (χ2v) is 17.6. The normalized spacial score (nSPS) is 21.5. The number of rotatable bonds is 16. The van der Waals surface area contributed by atoms with Gasteiger partial charge in [-0.2, -0.15) is 9.97 Å². The van der Waals surface area contributed by atoms with E-state index in [0.717, 1.165) is 16.7 Å². The molecule has 0 aliphatic carbocycles. The number of hydrogen-bond acceptors (Lipinski definition) is 16. The van der Waals surface area contributed by atoms with Crippen molar-refractivity contribution in [1.29, 1.82) is 0 Å². The van der Waals surface area contributed by atoms with Crippen molar-refractivity contribution in [3.63, 3.8) is 0 Å². The molecule has 4 aromatic heterocycles. The Kier molecular flexibility index (Phi) is 14.1. The fraction of sp³-hybridized carbons (Fsp3) is 0.388. The molecule has 2 saturated heterocycles. The summed E-state index contributed by atoms with van der Waals surface area (Å²) in [6.45, 7) is 3.92. The minimum absolute atomic E-state index is 0.0344.